The van der Waals surface area contributed by atoms with E-state index in [4.69, 9.17) is 0 Å². The van der Waals surface area contributed by atoms with Crippen LogP contribution in [0.1, 0.15) is 0 Å². The molecule has 10 rings (SSSR count). The molecule has 0 amide bonds. The zero-order valence-corrected chi connectivity index (χ0v) is 29.0. The average Bonchev–Trinajstić information content (AvgIpc) is 3.57. The summed E-state index contributed by atoms with van der Waals surface area (Å²) in [6.45, 7) is 0. The highest BCUT2D eigenvalue weighted by atomic mass is 15.2. The van der Waals surface area contributed by atoms with Crippen LogP contribution in [0.4, 0.5) is 34.1 Å². The highest BCUT2D eigenvalue weighted by Crippen LogP contribution is 2.51. The summed E-state index contributed by atoms with van der Waals surface area (Å²) < 4.78 is 2.38. The third-order valence-electron chi connectivity index (χ3n) is 10.3. The Labute approximate surface area is 308 Å². The molecule has 0 aliphatic rings. The first-order valence-corrected chi connectivity index (χ1v) is 18.1. The molecule has 0 spiro atoms. The van der Waals surface area contributed by atoms with Crippen LogP contribution in [0, 0.1) is 0 Å². The lowest BCUT2D eigenvalue weighted by Gasteiger charge is -2.32. The minimum atomic E-state index is 1.10. The van der Waals surface area contributed by atoms with Crippen LogP contribution in [-0.2, 0) is 0 Å². The predicted octanol–water partition coefficient (Wildman–Crippen LogP) is 14.0. The summed E-state index contributed by atoms with van der Waals surface area (Å²) in [5.41, 5.74) is 10.3. The zero-order chi connectivity index (χ0) is 35.1. The van der Waals surface area contributed by atoms with Crippen LogP contribution < -0.4 is 9.80 Å². The summed E-state index contributed by atoms with van der Waals surface area (Å²) in [5, 5.41) is 7.15. The Bertz CT molecular complexity index is 2780. The molecule has 3 heteroatoms. The van der Waals surface area contributed by atoms with Crippen molar-refractivity contribution >= 4 is 77.5 Å². The SMILES string of the molecule is c1ccc(N(c2ccccc2)c2c3ccccc3c(N(c3ccccc3)c3ccc4c(c3)c3ccccc3n4-c3ccccc3)c3ccccc23)cc1. The molecule has 10 aromatic rings. The second-order valence-electron chi connectivity index (χ2n) is 13.4. The fourth-order valence-corrected chi connectivity index (χ4v) is 8.07. The van der Waals surface area contributed by atoms with Crippen molar-refractivity contribution in [2.45, 2.75) is 0 Å². The molecule has 0 atom stereocenters. The standard InChI is InChI=1S/C50H35N3/c1-5-19-36(20-6-1)51(37-21-7-2-8-22-37)49-42-28-13-15-30-44(42)50(45-31-16-14-29-43(45)49)52(38-23-9-3-10-24-38)40-33-34-48-46(35-40)41-27-17-18-32-47(41)53(48)39-25-11-4-12-26-39/h1-35H. The third-order valence-corrected chi connectivity index (χ3v) is 10.3. The smallest absolute Gasteiger partial charge is 0.0619 e. The van der Waals surface area contributed by atoms with Crippen molar-refractivity contribution in [3.63, 3.8) is 0 Å². The molecule has 0 N–H and O–H groups in total. The molecule has 0 saturated carbocycles. The molecule has 0 fully saturated rings. The fraction of sp³-hybridized carbons (Fsp3) is 0. The minimum Gasteiger partial charge on any atom is -0.309 e. The van der Waals surface area contributed by atoms with Gasteiger partial charge in [-0.15, -0.1) is 0 Å². The van der Waals surface area contributed by atoms with Gasteiger partial charge in [0.05, 0.1) is 22.4 Å². The largest absolute Gasteiger partial charge is 0.309 e. The second-order valence-corrected chi connectivity index (χ2v) is 13.4. The van der Waals surface area contributed by atoms with E-state index in [1.165, 1.54) is 43.4 Å². The Hall–Kier alpha value is -7.10. The quantitative estimate of drug-likeness (QED) is 0.123. The van der Waals surface area contributed by atoms with Crippen LogP contribution in [0.25, 0.3) is 49.0 Å². The topological polar surface area (TPSA) is 11.4 Å². The summed E-state index contributed by atoms with van der Waals surface area (Å²) >= 11 is 0. The fourth-order valence-electron chi connectivity index (χ4n) is 8.07. The molecular weight excluding hydrogens is 643 g/mol. The van der Waals surface area contributed by atoms with E-state index < -0.39 is 0 Å². The van der Waals surface area contributed by atoms with E-state index in [0.29, 0.717) is 0 Å². The lowest BCUT2D eigenvalue weighted by Crippen LogP contribution is -2.14. The van der Waals surface area contributed by atoms with Gasteiger partial charge in [0.25, 0.3) is 0 Å². The summed E-state index contributed by atoms with van der Waals surface area (Å²) in [4.78, 5) is 4.86. The van der Waals surface area contributed by atoms with Gasteiger partial charge >= 0.3 is 0 Å². The first kappa shape index (κ1) is 30.7. The van der Waals surface area contributed by atoms with Crippen molar-refractivity contribution in [1.29, 1.82) is 0 Å². The highest BCUT2D eigenvalue weighted by molar-refractivity contribution is 6.23. The molecule has 0 aliphatic carbocycles. The Kier molecular flexibility index (Phi) is 7.47. The summed E-state index contributed by atoms with van der Waals surface area (Å²) in [6, 6.07) is 76.3. The van der Waals surface area contributed by atoms with Gasteiger partial charge in [-0.3, -0.25) is 0 Å². The number of aromatic nitrogens is 1. The first-order valence-electron chi connectivity index (χ1n) is 18.1. The molecule has 1 heterocycles. The maximum absolute atomic E-state index is 2.46. The molecule has 0 saturated heterocycles. The number of nitrogens with zero attached hydrogens (tertiary/aromatic N) is 3. The van der Waals surface area contributed by atoms with Crippen LogP contribution in [-0.4, -0.2) is 4.57 Å². The minimum absolute atomic E-state index is 1.10. The van der Waals surface area contributed by atoms with E-state index in [1.54, 1.807) is 0 Å². The average molecular weight is 678 g/mol. The second kappa shape index (κ2) is 12.9. The van der Waals surface area contributed by atoms with E-state index in [2.05, 4.69) is 227 Å². The Morgan fingerprint density at radius 1 is 0.264 bits per heavy atom. The van der Waals surface area contributed by atoms with Crippen molar-refractivity contribution in [3.05, 3.63) is 212 Å². The number of para-hydroxylation sites is 5. The molecular formula is C50H35N3. The van der Waals surface area contributed by atoms with Crippen LogP contribution in [0.5, 0.6) is 0 Å². The van der Waals surface area contributed by atoms with Gasteiger partial charge in [-0.1, -0.05) is 140 Å². The van der Waals surface area contributed by atoms with E-state index in [0.717, 1.165) is 39.8 Å². The van der Waals surface area contributed by atoms with Gasteiger partial charge in [0, 0.05) is 60.8 Å². The van der Waals surface area contributed by atoms with Crippen LogP contribution in [0.15, 0.2) is 212 Å². The van der Waals surface area contributed by atoms with Crippen molar-refractivity contribution < 1.29 is 0 Å². The molecule has 0 unspecified atom stereocenters. The van der Waals surface area contributed by atoms with Crippen molar-refractivity contribution in [1.82, 2.24) is 4.57 Å². The maximum atomic E-state index is 2.46. The van der Waals surface area contributed by atoms with Gasteiger partial charge in [0.1, 0.15) is 0 Å². The van der Waals surface area contributed by atoms with Gasteiger partial charge < -0.3 is 14.4 Å². The Morgan fingerprint density at radius 3 is 1.09 bits per heavy atom. The molecule has 250 valence electrons. The number of fused-ring (bicyclic) bond motifs is 5. The van der Waals surface area contributed by atoms with Crippen LogP contribution in [0.2, 0.25) is 0 Å². The normalized spacial score (nSPS) is 11.4. The number of rotatable bonds is 7. The molecule has 53 heavy (non-hydrogen) atoms. The van der Waals surface area contributed by atoms with Gasteiger partial charge in [-0.25, -0.2) is 0 Å². The molecule has 1 aromatic heterocycles. The van der Waals surface area contributed by atoms with Gasteiger partial charge in [0.15, 0.2) is 0 Å². The molecule has 0 aliphatic heterocycles. The van der Waals surface area contributed by atoms with Gasteiger partial charge in [-0.2, -0.15) is 0 Å². The summed E-state index contributed by atoms with van der Waals surface area (Å²) in [6.07, 6.45) is 0. The highest BCUT2D eigenvalue weighted by Gasteiger charge is 2.25. The van der Waals surface area contributed by atoms with Crippen LogP contribution in [0.3, 0.4) is 0 Å². The lowest BCUT2D eigenvalue weighted by atomic mass is 9.95. The third kappa shape index (κ3) is 5.13. The maximum Gasteiger partial charge on any atom is 0.0619 e. The number of benzene rings is 9. The van der Waals surface area contributed by atoms with E-state index in [9.17, 15) is 0 Å². The molecule has 0 radical (unpaired) electrons. The first-order chi connectivity index (χ1) is 26.3. The zero-order valence-electron chi connectivity index (χ0n) is 29.0. The van der Waals surface area contributed by atoms with Crippen molar-refractivity contribution in [3.8, 4) is 5.69 Å². The van der Waals surface area contributed by atoms with Crippen molar-refractivity contribution in [2.24, 2.45) is 0 Å². The monoisotopic (exact) mass is 677 g/mol. The number of hydrogen-bond acceptors (Lipinski definition) is 2. The number of anilines is 6. The predicted molar refractivity (Wildman–Crippen MR) is 225 cm³/mol. The number of hydrogen-bond donors (Lipinski definition) is 0. The molecule has 3 nitrogen and oxygen atoms in total. The lowest BCUT2D eigenvalue weighted by molar-refractivity contribution is 1.18. The Balaban J connectivity index is 1.29. The Morgan fingerprint density at radius 2 is 0.623 bits per heavy atom. The molecule has 9 aromatic carbocycles. The van der Waals surface area contributed by atoms with E-state index in [-0.39, 0.29) is 0 Å². The molecule has 0 bridgehead atoms. The van der Waals surface area contributed by atoms with Crippen LogP contribution >= 0.6 is 0 Å². The van der Waals surface area contributed by atoms with Crippen molar-refractivity contribution in [2.75, 3.05) is 9.80 Å². The summed E-state index contributed by atoms with van der Waals surface area (Å²) in [7, 11) is 0. The van der Waals surface area contributed by atoms with E-state index in [1.807, 2.05) is 0 Å². The van der Waals surface area contributed by atoms with Gasteiger partial charge in [0.2, 0.25) is 0 Å². The van der Waals surface area contributed by atoms with Gasteiger partial charge in [-0.05, 0) is 72.8 Å². The summed E-state index contributed by atoms with van der Waals surface area (Å²) in [5.74, 6) is 0. The van der Waals surface area contributed by atoms with E-state index >= 15 is 0 Å².